The molecule has 1 nitrogen and oxygen atoms in total. The van der Waals surface area contributed by atoms with Crippen LogP contribution in [-0.4, -0.2) is 0 Å². The van der Waals surface area contributed by atoms with Crippen LogP contribution in [0.15, 0.2) is 48.5 Å². The fraction of sp³-hybridized carbons (Fsp3) is 0. The van der Waals surface area contributed by atoms with Crippen molar-refractivity contribution in [2.45, 2.75) is 0 Å². The van der Waals surface area contributed by atoms with Crippen molar-refractivity contribution in [1.29, 1.82) is 5.26 Å². The van der Waals surface area contributed by atoms with E-state index >= 15 is 0 Å². The molecule has 0 amide bonds. The summed E-state index contributed by atoms with van der Waals surface area (Å²) in [5.74, 6) is 3.05. The van der Waals surface area contributed by atoms with Gasteiger partial charge in [0.25, 0.3) is 0 Å². The molecule has 86 valence electrons. The Morgan fingerprint density at radius 3 is 1.78 bits per heavy atom. The van der Waals surface area contributed by atoms with Crippen LogP contribution in [0.1, 0.15) is 11.1 Å². The van der Waals surface area contributed by atoms with Crippen molar-refractivity contribution in [3.05, 3.63) is 59.7 Å². The molecule has 0 aromatic heterocycles. The largest absolute Gasteiger partial charge is 0.192 e. The number of hydrogen-bond acceptors (Lipinski definition) is 2. The number of benzene rings is 2. The van der Waals surface area contributed by atoms with Crippen LogP contribution in [0.25, 0.3) is 11.1 Å². The number of rotatable bonds is 1. The van der Waals surface area contributed by atoms with Crippen molar-refractivity contribution >= 4 is 30.1 Å². The Bertz CT molecular complexity index is 627. The number of hydrogen-bond donors (Lipinski definition) is 0. The normalized spacial score (nSPS) is 9.11. The fourth-order valence-corrected chi connectivity index (χ4v) is 2.05. The Kier molecular flexibility index (Phi) is 4.69. The van der Waals surface area contributed by atoms with E-state index < -0.39 is 0 Å². The second-order valence-electron chi connectivity index (χ2n) is 3.57. The molecule has 2 rings (SSSR count). The summed E-state index contributed by atoms with van der Waals surface area (Å²) < 4.78 is 0. The first-order chi connectivity index (χ1) is 8.83. The monoisotopic (exact) mass is 361 g/mol. The standard InChI is InChI=1S/C15H8INS/c16-18-10-9-12-1-5-14(6-2-12)15-7-3-13(11-17)4-8-15/h1-8H. The minimum atomic E-state index is 0.681. The average molecular weight is 361 g/mol. The molecule has 0 saturated carbocycles. The van der Waals surface area contributed by atoms with Crippen molar-refractivity contribution in [2.24, 2.45) is 0 Å². The molecule has 0 bridgehead atoms. The summed E-state index contributed by atoms with van der Waals surface area (Å²) in [4.78, 5) is 0. The molecule has 2 aromatic rings. The molecule has 0 aliphatic heterocycles. The number of halogens is 1. The zero-order valence-corrected chi connectivity index (χ0v) is 12.3. The molecule has 18 heavy (non-hydrogen) atoms. The highest BCUT2D eigenvalue weighted by molar-refractivity contribution is 14.2. The van der Waals surface area contributed by atoms with Crippen molar-refractivity contribution in [2.75, 3.05) is 0 Å². The zero-order valence-electron chi connectivity index (χ0n) is 9.35. The lowest BCUT2D eigenvalue weighted by atomic mass is 10.0. The molecule has 3 heteroatoms. The molecule has 0 aliphatic rings. The molecule has 0 heterocycles. The Balaban J connectivity index is 2.26. The molecule has 0 atom stereocenters. The predicted molar refractivity (Wildman–Crippen MR) is 85.1 cm³/mol. The summed E-state index contributed by atoms with van der Waals surface area (Å²) in [5.41, 5.74) is 3.93. The van der Waals surface area contributed by atoms with E-state index in [2.05, 4.69) is 38.4 Å². The van der Waals surface area contributed by atoms with Gasteiger partial charge in [-0.25, -0.2) is 0 Å². The third-order valence-corrected chi connectivity index (χ3v) is 3.31. The van der Waals surface area contributed by atoms with Gasteiger partial charge in [-0.15, -0.1) is 0 Å². The van der Waals surface area contributed by atoms with Crippen LogP contribution in [0.4, 0.5) is 0 Å². The first-order valence-electron chi connectivity index (χ1n) is 5.22. The number of nitrogens with zero attached hydrogens (tertiary/aromatic N) is 1. The van der Waals surface area contributed by atoms with Crippen LogP contribution in [0.3, 0.4) is 0 Å². The Hall–Kier alpha value is -1.43. The molecule has 2 aromatic carbocycles. The summed E-state index contributed by atoms with van der Waals surface area (Å²) in [6, 6.07) is 17.8. The minimum Gasteiger partial charge on any atom is -0.192 e. The molecule has 0 aliphatic carbocycles. The van der Waals surface area contributed by atoms with Gasteiger partial charge in [0.15, 0.2) is 0 Å². The van der Waals surface area contributed by atoms with Gasteiger partial charge in [0.2, 0.25) is 0 Å². The van der Waals surface area contributed by atoms with E-state index in [1.54, 1.807) is 0 Å². The average Bonchev–Trinajstić information content (AvgIpc) is 2.46. The lowest BCUT2D eigenvalue weighted by Gasteiger charge is -2.01. The highest BCUT2D eigenvalue weighted by Gasteiger charge is 1.97. The smallest absolute Gasteiger partial charge is 0.0991 e. The SMILES string of the molecule is N#Cc1ccc(-c2ccc(C#CSI)cc2)cc1. The van der Waals surface area contributed by atoms with Gasteiger partial charge in [0, 0.05) is 26.8 Å². The van der Waals surface area contributed by atoms with Crippen molar-refractivity contribution in [3.8, 4) is 28.4 Å². The van der Waals surface area contributed by atoms with Crippen LogP contribution >= 0.6 is 30.1 Å². The highest BCUT2D eigenvalue weighted by atomic mass is 127. The van der Waals surface area contributed by atoms with Crippen LogP contribution in [-0.2, 0) is 0 Å². The summed E-state index contributed by atoms with van der Waals surface area (Å²) in [6.45, 7) is 0. The Morgan fingerprint density at radius 1 is 0.833 bits per heavy atom. The molecular formula is C15H8INS. The topological polar surface area (TPSA) is 23.8 Å². The second kappa shape index (κ2) is 6.49. The van der Waals surface area contributed by atoms with Gasteiger partial charge in [-0.2, -0.15) is 5.26 Å². The Morgan fingerprint density at radius 2 is 1.33 bits per heavy atom. The summed E-state index contributed by atoms with van der Waals surface area (Å²) in [7, 11) is 1.48. The van der Waals surface area contributed by atoms with E-state index in [-0.39, 0.29) is 0 Å². The van der Waals surface area contributed by atoms with Crippen molar-refractivity contribution in [1.82, 2.24) is 0 Å². The van der Waals surface area contributed by atoms with Gasteiger partial charge in [0.1, 0.15) is 0 Å². The highest BCUT2D eigenvalue weighted by Crippen LogP contribution is 2.20. The summed E-state index contributed by atoms with van der Waals surface area (Å²) in [6.07, 6.45) is 0. The molecule has 0 radical (unpaired) electrons. The summed E-state index contributed by atoms with van der Waals surface area (Å²) >= 11 is 2.15. The lowest BCUT2D eigenvalue weighted by molar-refractivity contribution is 1.48. The predicted octanol–water partition coefficient (Wildman–Crippen LogP) is 4.62. The second-order valence-corrected chi connectivity index (χ2v) is 5.25. The third kappa shape index (κ3) is 3.29. The summed E-state index contributed by atoms with van der Waals surface area (Å²) in [5, 5.41) is 11.7. The van der Waals surface area contributed by atoms with Crippen LogP contribution in [0, 0.1) is 22.5 Å². The van der Waals surface area contributed by atoms with Crippen molar-refractivity contribution < 1.29 is 0 Å². The van der Waals surface area contributed by atoms with E-state index in [4.69, 9.17) is 5.26 Å². The van der Waals surface area contributed by atoms with Crippen molar-refractivity contribution in [3.63, 3.8) is 0 Å². The maximum absolute atomic E-state index is 8.75. The molecule has 0 spiro atoms. The maximum atomic E-state index is 8.75. The van der Waals surface area contributed by atoms with Crippen LogP contribution in [0.2, 0.25) is 0 Å². The van der Waals surface area contributed by atoms with E-state index in [0.29, 0.717) is 5.56 Å². The molecule has 0 saturated heterocycles. The number of nitriles is 1. The first-order valence-corrected chi connectivity index (χ1v) is 8.58. The van der Waals surface area contributed by atoms with Crippen LogP contribution < -0.4 is 0 Å². The van der Waals surface area contributed by atoms with Crippen LogP contribution in [0.5, 0.6) is 0 Å². The molecular weight excluding hydrogens is 353 g/mol. The first kappa shape index (κ1) is 13.0. The van der Waals surface area contributed by atoms with Gasteiger partial charge in [-0.1, -0.05) is 30.2 Å². The molecule has 0 unspecified atom stereocenters. The van der Waals surface area contributed by atoms with Gasteiger partial charge in [0.05, 0.1) is 11.6 Å². The van der Waals surface area contributed by atoms with E-state index in [1.807, 2.05) is 48.5 Å². The molecule has 0 N–H and O–H groups in total. The molecule has 0 fully saturated rings. The van der Waals surface area contributed by atoms with Gasteiger partial charge in [-0.05, 0) is 49.6 Å². The van der Waals surface area contributed by atoms with E-state index in [1.165, 1.54) is 8.93 Å². The van der Waals surface area contributed by atoms with E-state index in [9.17, 15) is 0 Å². The van der Waals surface area contributed by atoms with Gasteiger partial charge < -0.3 is 0 Å². The Labute approximate surface area is 123 Å². The van der Waals surface area contributed by atoms with Gasteiger partial charge >= 0.3 is 0 Å². The third-order valence-electron chi connectivity index (χ3n) is 2.47. The lowest BCUT2D eigenvalue weighted by Crippen LogP contribution is -1.80. The van der Waals surface area contributed by atoms with E-state index in [0.717, 1.165) is 16.7 Å². The quantitative estimate of drug-likeness (QED) is 0.547. The maximum Gasteiger partial charge on any atom is 0.0991 e. The van der Waals surface area contributed by atoms with Gasteiger partial charge in [-0.3, -0.25) is 0 Å². The zero-order chi connectivity index (χ0) is 12.8. The minimum absolute atomic E-state index is 0.681. The fourth-order valence-electron chi connectivity index (χ4n) is 1.56.